The number of nitrogens with one attached hydrogen (secondary N) is 1. The minimum Gasteiger partial charge on any atom is -0.376 e. The molecular weight excluding hydrogens is 464 g/mol. The van der Waals surface area contributed by atoms with E-state index in [2.05, 4.69) is 10.3 Å². The first kappa shape index (κ1) is 27.2. The van der Waals surface area contributed by atoms with Gasteiger partial charge < -0.3 is 19.5 Å². The lowest BCUT2D eigenvalue weighted by Crippen LogP contribution is -2.50. The molecule has 1 aromatic heterocycles. The van der Waals surface area contributed by atoms with E-state index in [1.165, 1.54) is 0 Å². The summed E-state index contributed by atoms with van der Waals surface area (Å²) in [5.41, 5.74) is 1.99. The third kappa shape index (κ3) is 7.54. The minimum absolute atomic E-state index is 0.0218. The number of carbonyl (C=O) groups is 1. The molecule has 1 aliphatic heterocycles. The zero-order valence-corrected chi connectivity index (χ0v) is 22.7. The first-order valence-corrected chi connectivity index (χ1v) is 14.0. The van der Waals surface area contributed by atoms with Gasteiger partial charge in [0.05, 0.1) is 30.3 Å². The van der Waals surface area contributed by atoms with Crippen LogP contribution in [0.4, 0.5) is 4.79 Å². The summed E-state index contributed by atoms with van der Waals surface area (Å²) in [5, 5.41) is 3.09. The lowest BCUT2D eigenvalue weighted by atomic mass is 10.1. The van der Waals surface area contributed by atoms with Crippen molar-refractivity contribution in [3.63, 3.8) is 0 Å². The average molecular weight is 505 g/mol. The fourth-order valence-corrected chi connectivity index (χ4v) is 5.82. The Morgan fingerprint density at radius 3 is 2.60 bits per heavy atom. The average Bonchev–Trinajstić information content (AvgIpc) is 3.38. The monoisotopic (exact) mass is 504 g/mol. The van der Waals surface area contributed by atoms with Crippen LogP contribution in [0.3, 0.4) is 0 Å². The molecule has 1 aliphatic rings. The van der Waals surface area contributed by atoms with Gasteiger partial charge in [-0.1, -0.05) is 38.1 Å². The van der Waals surface area contributed by atoms with Crippen LogP contribution < -0.4 is 5.32 Å². The van der Waals surface area contributed by atoms with Crippen molar-refractivity contribution in [2.75, 3.05) is 13.2 Å². The van der Waals surface area contributed by atoms with Crippen LogP contribution in [0.15, 0.2) is 35.6 Å². The van der Waals surface area contributed by atoms with Crippen molar-refractivity contribution in [1.82, 2.24) is 19.8 Å². The van der Waals surface area contributed by atoms with Gasteiger partial charge in [-0.05, 0) is 57.6 Å². The fraction of sp³-hybridized carbons (Fsp3) is 0.615. The second-order valence-corrected chi connectivity index (χ2v) is 12.8. The predicted molar refractivity (Wildman–Crippen MR) is 137 cm³/mol. The SMILES string of the molecule is Cc1ccccc1CS(=O)(=O)c1ncc(CN(CC2CCCO2)C(=O)NC(C)(C)C)n1CC(C)C. The number of hydrogen-bond acceptors (Lipinski definition) is 5. The Hall–Kier alpha value is -2.39. The van der Waals surface area contributed by atoms with Crippen LogP contribution in [0.25, 0.3) is 0 Å². The van der Waals surface area contributed by atoms with E-state index in [9.17, 15) is 13.2 Å². The van der Waals surface area contributed by atoms with E-state index in [-0.39, 0.29) is 35.5 Å². The quantitative estimate of drug-likeness (QED) is 0.549. The highest BCUT2D eigenvalue weighted by Gasteiger charge is 2.29. The zero-order chi connectivity index (χ0) is 25.8. The van der Waals surface area contributed by atoms with Crippen molar-refractivity contribution in [2.24, 2.45) is 5.92 Å². The number of aromatic nitrogens is 2. The molecule has 8 nitrogen and oxygen atoms in total. The van der Waals surface area contributed by atoms with Crippen LogP contribution in [0.5, 0.6) is 0 Å². The van der Waals surface area contributed by atoms with E-state index in [0.717, 1.165) is 24.0 Å². The van der Waals surface area contributed by atoms with Crippen molar-refractivity contribution in [1.29, 1.82) is 0 Å². The molecule has 35 heavy (non-hydrogen) atoms. The smallest absolute Gasteiger partial charge is 0.318 e. The van der Waals surface area contributed by atoms with Gasteiger partial charge >= 0.3 is 6.03 Å². The second-order valence-electron chi connectivity index (χ2n) is 10.9. The first-order valence-electron chi connectivity index (χ1n) is 12.4. The number of ether oxygens (including phenoxy) is 1. The summed E-state index contributed by atoms with van der Waals surface area (Å²) in [6.07, 6.45) is 3.46. The highest BCUT2D eigenvalue weighted by Crippen LogP contribution is 2.23. The Balaban J connectivity index is 1.93. The maximum Gasteiger partial charge on any atom is 0.318 e. The topological polar surface area (TPSA) is 93.5 Å². The highest BCUT2D eigenvalue weighted by molar-refractivity contribution is 7.90. The Labute approximate surface area is 210 Å². The number of hydrogen-bond donors (Lipinski definition) is 1. The van der Waals surface area contributed by atoms with Crippen molar-refractivity contribution < 1.29 is 17.9 Å². The molecule has 0 radical (unpaired) electrons. The van der Waals surface area contributed by atoms with Gasteiger partial charge in [0.2, 0.25) is 15.0 Å². The first-order chi connectivity index (χ1) is 16.4. The van der Waals surface area contributed by atoms with Crippen molar-refractivity contribution in [2.45, 2.75) is 90.0 Å². The number of urea groups is 1. The minimum atomic E-state index is -3.69. The number of carbonyl (C=O) groups excluding carboxylic acids is 1. The van der Waals surface area contributed by atoms with E-state index < -0.39 is 15.4 Å². The van der Waals surface area contributed by atoms with Crippen LogP contribution in [0.2, 0.25) is 0 Å². The number of sulfone groups is 1. The molecule has 1 N–H and O–H groups in total. The Morgan fingerprint density at radius 2 is 2.00 bits per heavy atom. The lowest BCUT2D eigenvalue weighted by molar-refractivity contribution is 0.0774. The third-order valence-electron chi connectivity index (χ3n) is 5.90. The van der Waals surface area contributed by atoms with Gasteiger partial charge in [-0.2, -0.15) is 0 Å². The van der Waals surface area contributed by atoms with E-state index in [4.69, 9.17) is 4.74 Å². The van der Waals surface area contributed by atoms with Crippen molar-refractivity contribution in [3.05, 3.63) is 47.3 Å². The van der Waals surface area contributed by atoms with Crippen LogP contribution >= 0.6 is 0 Å². The fourth-order valence-electron chi connectivity index (χ4n) is 4.22. The van der Waals surface area contributed by atoms with Crippen LogP contribution in [0, 0.1) is 12.8 Å². The molecule has 0 bridgehead atoms. The van der Waals surface area contributed by atoms with E-state index in [1.807, 2.05) is 65.8 Å². The number of rotatable bonds is 9. The van der Waals surface area contributed by atoms with Gasteiger partial charge in [0, 0.05) is 25.2 Å². The van der Waals surface area contributed by atoms with E-state index >= 15 is 0 Å². The normalized spacial score (nSPS) is 16.6. The number of nitrogens with zero attached hydrogens (tertiary/aromatic N) is 3. The molecule has 0 spiro atoms. The summed E-state index contributed by atoms with van der Waals surface area (Å²) in [4.78, 5) is 19.3. The summed E-state index contributed by atoms with van der Waals surface area (Å²) in [5.74, 6) is 0.0867. The molecule has 2 amide bonds. The summed E-state index contributed by atoms with van der Waals surface area (Å²) in [7, 11) is -3.69. The summed E-state index contributed by atoms with van der Waals surface area (Å²) in [6, 6.07) is 7.29. The van der Waals surface area contributed by atoms with E-state index in [0.29, 0.717) is 25.4 Å². The molecule has 9 heteroatoms. The Morgan fingerprint density at radius 1 is 1.29 bits per heavy atom. The van der Waals surface area contributed by atoms with Crippen LogP contribution in [-0.2, 0) is 33.4 Å². The van der Waals surface area contributed by atoms with Crippen molar-refractivity contribution >= 4 is 15.9 Å². The van der Waals surface area contributed by atoms with Gasteiger partial charge in [0.25, 0.3) is 0 Å². The number of amides is 2. The standard InChI is InChI=1S/C26H40N4O4S/c1-19(2)15-30-22(14-27-25(30)35(32,33)18-21-11-8-7-10-20(21)3)16-29(17-23-12-9-13-34-23)24(31)28-26(4,5)6/h7-8,10-11,14,19,23H,9,12-13,15-18H2,1-6H3,(H,28,31). The molecule has 1 atom stereocenters. The van der Waals surface area contributed by atoms with Gasteiger partial charge in [-0.25, -0.2) is 18.2 Å². The summed E-state index contributed by atoms with van der Waals surface area (Å²) >= 11 is 0. The van der Waals surface area contributed by atoms with Crippen molar-refractivity contribution in [3.8, 4) is 0 Å². The van der Waals surface area contributed by atoms with Gasteiger partial charge in [0.1, 0.15) is 0 Å². The van der Waals surface area contributed by atoms with Gasteiger partial charge in [-0.3, -0.25) is 0 Å². The predicted octanol–water partition coefficient (Wildman–Crippen LogP) is 4.31. The van der Waals surface area contributed by atoms with Gasteiger partial charge in [0.15, 0.2) is 0 Å². The highest BCUT2D eigenvalue weighted by atomic mass is 32.2. The number of benzene rings is 1. The molecule has 194 valence electrons. The second kappa shape index (κ2) is 11.1. The molecule has 3 rings (SSSR count). The maximum absolute atomic E-state index is 13.5. The molecular formula is C26H40N4O4S. The summed E-state index contributed by atoms with van der Waals surface area (Å²) in [6.45, 7) is 13.7. The van der Waals surface area contributed by atoms with Crippen LogP contribution in [0.1, 0.15) is 64.3 Å². The summed E-state index contributed by atoms with van der Waals surface area (Å²) < 4.78 is 34.5. The maximum atomic E-state index is 13.5. The van der Waals surface area contributed by atoms with Crippen LogP contribution in [-0.4, -0.2) is 53.7 Å². The van der Waals surface area contributed by atoms with E-state index in [1.54, 1.807) is 15.7 Å². The molecule has 2 aromatic rings. The molecule has 1 saturated heterocycles. The molecule has 2 heterocycles. The number of imidazole rings is 1. The molecule has 1 fully saturated rings. The Bertz CT molecular complexity index is 1110. The van der Waals surface area contributed by atoms with Gasteiger partial charge in [-0.15, -0.1) is 0 Å². The lowest BCUT2D eigenvalue weighted by Gasteiger charge is -2.30. The molecule has 1 aromatic carbocycles. The largest absolute Gasteiger partial charge is 0.376 e. The number of aryl methyl sites for hydroxylation is 1. The molecule has 0 aliphatic carbocycles. The zero-order valence-electron chi connectivity index (χ0n) is 21.9. The Kier molecular flexibility index (Phi) is 8.64. The molecule has 0 saturated carbocycles. The molecule has 1 unspecified atom stereocenters. The third-order valence-corrected chi connectivity index (χ3v) is 7.48.